The van der Waals surface area contributed by atoms with Gasteiger partial charge in [0.05, 0.1) is 19.9 Å². The zero-order valence-electron chi connectivity index (χ0n) is 7.33. The highest BCUT2D eigenvalue weighted by Crippen LogP contribution is 2.29. The zero-order chi connectivity index (χ0) is 9.68. The second-order valence-corrected chi connectivity index (χ2v) is 2.69. The Morgan fingerprint density at radius 2 is 1.85 bits per heavy atom. The number of ether oxygens (including phenoxy) is 2. The summed E-state index contributed by atoms with van der Waals surface area (Å²) in [5.41, 5.74) is 3.50. The number of hydrogen-bond acceptors (Lipinski definition) is 4. The Labute approximate surface area is 90.8 Å². The summed E-state index contributed by atoms with van der Waals surface area (Å²) in [5.74, 6) is 1.36. The predicted octanol–water partition coefficient (Wildman–Crippen LogP) is 2.40. The molecule has 0 aliphatic carbocycles. The molecule has 1 aromatic rings. The molecule has 13 heavy (non-hydrogen) atoms. The van der Waals surface area contributed by atoms with E-state index in [1.807, 2.05) is 6.07 Å². The number of halogens is 1. The quantitative estimate of drug-likeness (QED) is 0.684. The van der Waals surface area contributed by atoms with Crippen molar-refractivity contribution in [3.05, 3.63) is 18.2 Å². The van der Waals surface area contributed by atoms with E-state index >= 15 is 0 Å². The maximum absolute atomic E-state index is 5.10. The molecule has 0 saturated carbocycles. The van der Waals surface area contributed by atoms with Gasteiger partial charge in [0.2, 0.25) is 0 Å². The highest BCUT2D eigenvalue weighted by molar-refractivity contribution is 14.1. The lowest BCUT2D eigenvalue weighted by Crippen LogP contribution is -1.94. The van der Waals surface area contributed by atoms with Crippen LogP contribution in [0.4, 0.5) is 5.69 Å². The van der Waals surface area contributed by atoms with Crippen molar-refractivity contribution in [3.63, 3.8) is 0 Å². The average Bonchev–Trinajstić information content (AvgIpc) is 2.18. The number of rotatable bonds is 4. The van der Waals surface area contributed by atoms with Gasteiger partial charge in [-0.1, -0.05) is 0 Å². The molecular formula is C8H10INO3. The minimum atomic E-state index is 0.668. The van der Waals surface area contributed by atoms with Gasteiger partial charge in [-0.2, -0.15) is 0 Å². The first-order chi connectivity index (χ1) is 6.31. The first kappa shape index (κ1) is 10.4. The molecule has 0 spiro atoms. The van der Waals surface area contributed by atoms with E-state index in [1.54, 1.807) is 49.4 Å². The van der Waals surface area contributed by atoms with Crippen LogP contribution in [0.15, 0.2) is 18.2 Å². The highest BCUT2D eigenvalue weighted by atomic mass is 127. The van der Waals surface area contributed by atoms with Crippen molar-refractivity contribution >= 4 is 28.7 Å². The van der Waals surface area contributed by atoms with E-state index in [9.17, 15) is 0 Å². The van der Waals surface area contributed by atoms with E-state index < -0.39 is 0 Å². The van der Waals surface area contributed by atoms with Crippen LogP contribution in [-0.2, 0) is 3.17 Å². The summed E-state index contributed by atoms with van der Waals surface area (Å²) < 4.78 is 14.9. The van der Waals surface area contributed by atoms with Crippen molar-refractivity contribution in [1.82, 2.24) is 0 Å². The van der Waals surface area contributed by atoms with Crippen LogP contribution in [0.1, 0.15) is 0 Å². The molecule has 0 saturated heterocycles. The standard InChI is InChI=1S/C8H10INO3/c1-11-7-4-3-6(10-13-9)5-8(7)12-2/h3-5,10H,1-2H3. The Balaban J connectivity index is 2.91. The molecule has 0 aromatic heterocycles. The minimum Gasteiger partial charge on any atom is -0.493 e. The topological polar surface area (TPSA) is 39.7 Å². The van der Waals surface area contributed by atoms with Gasteiger partial charge < -0.3 is 9.47 Å². The van der Waals surface area contributed by atoms with Gasteiger partial charge in [-0.3, -0.25) is 5.48 Å². The Morgan fingerprint density at radius 1 is 1.15 bits per heavy atom. The summed E-state index contributed by atoms with van der Waals surface area (Å²) in [6.07, 6.45) is 0. The van der Waals surface area contributed by atoms with E-state index in [4.69, 9.17) is 12.6 Å². The van der Waals surface area contributed by atoms with E-state index in [-0.39, 0.29) is 0 Å². The van der Waals surface area contributed by atoms with Crippen LogP contribution < -0.4 is 15.0 Å². The van der Waals surface area contributed by atoms with Crippen molar-refractivity contribution < 1.29 is 12.6 Å². The lowest BCUT2D eigenvalue weighted by Gasteiger charge is -2.08. The van der Waals surface area contributed by atoms with E-state index in [2.05, 4.69) is 5.48 Å². The first-order valence-corrected chi connectivity index (χ1v) is 4.45. The summed E-state index contributed by atoms with van der Waals surface area (Å²) >= 11 is 1.75. The van der Waals surface area contributed by atoms with E-state index in [0.29, 0.717) is 11.5 Å². The van der Waals surface area contributed by atoms with E-state index in [1.165, 1.54) is 0 Å². The number of anilines is 1. The molecule has 0 atom stereocenters. The molecule has 0 fully saturated rings. The van der Waals surface area contributed by atoms with Gasteiger partial charge in [0.15, 0.2) is 11.5 Å². The fourth-order valence-electron chi connectivity index (χ4n) is 0.944. The maximum atomic E-state index is 5.10. The Kier molecular flexibility index (Phi) is 4.10. The predicted molar refractivity (Wildman–Crippen MR) is 58.3 cm³/mol. The van der Waals surface area contributed by atoms with Crippen molar-refractivity contribution in [2.45, 2.75) is 0 Å². The molecule has 0 amide bonds. The zero-order valence-corrected chi connectivity index (χ0v) is 9.49. The lowest BCUT2D eigenvalue weighted by molar-refractivity contribution is 0.355. The fraction of sp³-hybridized carbons (Fsp3) is 0.250. The van der Waals surface area contributed by atoms with Gasteiger partial charge in [-0.25, -0.2) is 3.17 Å². The molecule has 1 rings (SSSR count). The third-order valence-corrected chi connectivity index (χ3v) is 1.76. The Morgan fingerprint density at radius 3 is 2.38 bits per heavy atom. The highest BCUT2D eigenvalue weighted by Gasteiger charge is 2.03. The maximum Gasteiger partial charge on any atom is 0.162 e. The molecule has 0 bridgehead atoms. The van der Waals surface area contributed by atoms with Gasteiger partial charge in [-0.15, -0.1) is 0 Å². The first-order valence-electron chi connectivity index (χ1n) is 3.57. The molecule has 0 radical (unpaired) electrons. The number of nitrogens with one attached hydrogen (secondary N) is 1. The Hall–Kier alpha value is -0.690. The molecule has 4 nitrogen and oxygen atoms in total. The SMILES string of the molecule is COc1ccc(NOI)cc1OC. The third kappa shape index (κ3) is 2.63. The Bertz CT molecular complexity index is 280. The van der Waals surface area contributed by atoms with Gasteiger partial charge in [0.25, 0.3) is 0 Å². The molecule has 1 N–H and O–H groups in total. The van der Waals surface area contributed by atoms with Gasteiger partial charge in [0.1, 0.15) is 23.0 Å². The molecule has 0 aliphatic heterocycles. The molecular weight excluding hydrogens is 285 g/mol. The van der Waals surface area contributed by atoms with Crippen LogP contribution in [0, 0.1) is 0 Å². The van der Waals surface area contributed by atoms with Gasteiger partial charge in [-0.05, 0) is 12.1 Å². The normalized spacial score (nSPS) is 9.46. The fourth-order valence-corrected chi connectivity index (χ4v) is 1.20. The van der Waals surface area contributed by atoms with Crippen molar-refractivity contribution in [2.75, 3.05) is 19.7 Å². The molecule has 1 aromatic carbocycles. The van der Waals surface area contributed by atoms with E-state index in [0.717, 1.165) is 5.69 Å². The molecule has 0 aliphatic rings. The van der Waals surface area contributed by atoms with Crippen molar-refractivity contribution in [2.24, 2.45) is 0 Å². The lowest BCUT2D eigenvalue weighted by atomic mass is 10.3. The third-order valence-electron chi connectivity index (χ3n) is 1.54. The summed E-state index contributed by atoms with van der Waals surface area (Å²) in [4.78, 5) is 0. The molecule has 0 unspecified atom stereocenters. The molecule has 0 heterocycles. The smallest absolute Gasteiger partial charge is 0.162 e. The molecule has 5 heteroatoms. The van der Waals surface area contributed by atoms with Crippen LogP contribution in [0.3, 0.4) is 0 Å². The average molecular weight is 295 g/mol. The second-order valence-electron chi connectivity index (χ2n) is 2.25. The number of hydrogen-bond donors (Lipinski definition) is 1. The second kappa shape index (κ2) is 5.13. The van der Waals surface area contributed by atoms with Crippen LogP contribution >= 0.6 is 23.0 Å². The number of benzene rings is 1. The molecule has 72 valence electrons. The van der Waals surface area contributed by atoms with Crippen LogP contribution in [0.5, 0.6) is 11.5 Å². The summed E-state index contributed by atoms with van der Waals surface area (Å²) in [5, 5.41) is 0. The van der Waals surface area contributed by atoms with Crippen LogP contribution in [0.2, 0.25) is 0 Å². The summed E-state index contributed by atoms with van der Waals surface area (Å²) in [6, 6.07) is 5.42. The van der Waals surface area contributed by atoms with Crippen molar-refractivity contribution in [1.29, 1.82) is 0 Å². The van der Waals surface area contributed by atoms with Gasteiger partial charge >= 0.3 is 0 Å². The monoisotopic (exact) mass is 295 g/mol. The summed E-state index contributed by atoms with van der Waals surface area (Å²) in [7, 11) is 3.19. The van der Waals surface area contributed by atoms with Crippen molar-refractivity contribution in [3.8, 4) is 11.5 Å². The number of methoxy groups -OCH3 is 2. The summed E-state index contributed by atoms with van der Waals surface area (Å²) in [6.45, 7) is 0. The van der Waals surface area contributed by atoms with Crippen LogP contribution in [-0.4, -0.2) is 14.2 Å². The van der Waals surface area contributed by atoms with Gasteiger partial charge in [0, 0.05) is 6.07 Å². The minimum absolute atomic E-state index is 0.668. The largest absolute Gasteiger partial charge is 0.493 e. The van der Waals surface area contributed by atoms with Crippen LogP contribution in [0.25, 0.3) is 0 Å².